The van der Waals surface area contributed by atoms with E-state index in [1.54, 1.807) is 0 Å². The van der Waals surface area contributed by atoms with Gasteiger partial charge in [-0.2, -0.15) is 0 Å². The lowest BCUT2D eigenvalue weighted by Gasteiger charge is -1.87. The first-order valence-corrected chi connectivity index (χ1v) is 4.31. The van der Waals surface area contributed by atoms with Gasteiger partial charge < -0.3 is 0 Å². The van der Waals surface area contributed by atoms with Gasteiger partial charge in [-0.25, -0.2) is 0 Å². The fourth-order valence-corrected chi connectivity index (χ4v) is 1.73. The fraction of sp³-hybridized carbons (Fsp3) is 0.667. The van der Waals surface area contributed by atoms with Crippen molar-refractivity contribution in [2.75, 3.05) is 5.75 Å². The Kier molecular flexibility index (Phi) is 2.27. The molecule has 0 spiro atoms. The SMILES string of the molecule is O=S1C=CCCCC1. The van der Waals surface area contributed by atoms with Gasteiger partial charge in [0.25, 0.3) is 0 Å². The summed E-state index contributed by atoms with van der Waals surface area (Å²) in [5, 5.41) is 1.81. The van der Waals surface area contributed by atoms with E-state index in [1.807, 2.05) is 11.5 Å². The van der Waals surface area contributed by atoms with E-state index in [0.717, 1.165) is 18.6 Å². The molecular weight excluding hydrogens is 120 g/mol. The lowest BCUT2D eigenvalue weighted by molar-refractivity contribution is 0.685. The Hall–Kier alpha value is -0.110. The summed E-state index contributed by atoms with van der Waals surface area (Å²) in [6.45, 7) is 0. The van der Waals surface area contributed by atoms with E-state index in [1.165, 1.54) is 6.42 Å². The van der Waals surface area contributed by atoms with E-state index in [-0.39, 0.29) is 0 Å². The normalized spacial score (nSPS) is 29.8. The molecular formula is C6H10OS. The lowest BCUT2D eigenvalue weighted by Crippen LogP contribution is -1.88. The van der Waals surface area contributed by atoms with Crippen LogP contribution < -0.4 is 0 Å². The van der Waals surface area contributed by atoms with Gasteiger partial charge in [0.15, 0.2) is 0 Å². The summed E-state index contributed by atoms with van der Waals surface area (Å²) in [6.07, 6.45) is 5.47. The molecule has 1 nitrogen and oxygen atoms in total. The van der Waals surface area contributed by atoms with Crippen molar-refractivity contribution in [3.8, 4) is 0 Å². The van der Waals surface area contributed by atoms with Crippen LogP contribution in [0.4, 0.5) is 0 Å². The standard InChI is InChI=1S/C6H10OS/c7-8-5-3-1-2-4-6-8/h3,5H,1-2,4,6H2. The lowest BCUT2D eigenvalue weighted by atomic mass is 10.3. The maximum atomic E-state index is 10.7. The Labute approximate surface area is 52.2 Å². The molecule has 1 atom stereocenters. The molecule has 0 aliphatic carbocycles. The van der Waals surface area contributed by atoms with Gasteiger partial charge in [-0.3, -0.25) is 4.21 Å². The molecule has 1 unspecified atom stereocenters. The summed E-state index contributed by atoms with van der Waals surface area (Å²) < 4.78 is 10.7. The quantitative estimate of drug-likeness (QED) is 0.485. The van der Waals surface area contributed by atoms with Crippen molar-refractivity contribution >= 4 is 10.8 Å². The predicted molar refractivity (Wildman–Crippen MR) is 36.0 cm³/mol. The molecule has 0 aromatic rings. The van der Waals surface area contributed by atoms with Crippen LogP contribution in [-0.4, -0.2) is 9.96 Å². The van der Waals surface area contributed by atoms with Crippen LogP contribution in [0.2, 0.25) is 0 Å². The Morgan fingerprint density at radius 3 is 3.12 bits per heavy atom. The fourth-order valence-electron chi connectivity index (χ4n) is 0.750. The maximum Gasteiger partial charge on any atom is 0.0452 e. The first-order chi connectivity index (χ1) is 3.89. The molecule has 1 rings (SSSR count). The highest BCUT2D eigenvalue weighted by molar-refractivity contribution is 7.87. The molecule has 0 N–H and O–H groups in total. The summed E-state index contributed by atoms with van der Waals surface area (Å²) in [4.78, 5) is 0. The molecule has 0 radical (unpaired) electrons. The molecule has 1 heterocycles. The molecule has 0 saturated carbocycles. The monoisotopic (exact) mass is 130 g/mol. The minimum Gasteiger partial charge on any atom is -0.255 e. The summed E-state index contributed by atoms with van der Waals surface area (Å²) in [5.74, 6) is 0.872. The summed E-state index contributed by atoms with van der Waals surface area (Å²) in [5.41, 5.74) is 0. The van der Waals surface area contributed by atoms with Crippen molar-refractivity contribution in [1.82, 2.24) is 0 Å². The van der Waals surface area contributed by atoms with E-state index in [9.17, 15) is 4.21 Å². The van der Waals surface area contributed by atoms with Crippen molar-refractivity contribution in [3.05, 3.63) is 11.5 Å². The topological polar surface area (TPSA) is 17.1 Å². The van der Waals surface area contributed by atoms with Gasteiger partial charge in [0.2, 0.25) is 0 Å². The minimum atomic E-state index is -0.638. The zero-order valence-electron chi connectivity index (χ0n) is 4.80. The average molecular weight is 130 g/mol. The molecule has 0 aromatic carbocycles. The van der Waals surface area contributed by atoms with Crippen molar-refractivity contribution < 1.29 is 4.21 Å². The molecule has 2 heteroatoms. The Morgan fingerprint density at radius 2 is 2.25 bits per heavy atom. The zero-order valence-corrected chi connectivity index (χ0v) is 5.62. The second-order valence-corrected chi connectivity index (χ2v) is 3.39. The van der Waals surface area contributed by atoms with E-state index in [2.05, 4.69) is 0 Å². The highest BCUT2D eigenvalue weighted by Crippen LogP contribution is 2.04. The van der Waals surface area contributed by atoms with Gasteiger partial charge in [0, 0.05) is 16.6 Å². The van der Waals surface area contributed by atoms with Gasteiger partial charge >= 0.3 is 0 Å². The summed E-state index contributed by atoms with van der Waals surface area (Å²) in [7, 11) is -0.638. The first-order valence-electron chi connectivity index (χ1n) is 2.93. The van der Waals surface area contributed by atoms with Crippen molar-refractivity contribution in [1.29, 1.82) is 0 Å². The van der Waals surface area contributed by atoms with E-state index < -0.39 is 10.8 Å². The van der Waals surface area contributed by atoms with Crippen LogP contribution in [0.3, 0.4) is 0 Å². The third-order valence-electron chi connectivity index (χ3n) is 1.21. The van der Waals surface area contributed by atoms with Gasteiger partial charge in [0.05, 0.1) is 0 Å². The van der Waals surface area contributed by atoms with Gasteiger partial charge in [-0.05, 0) is 24.7 Å². The predicted octanol–water partition coefficient (Wildman–Crippen LogP) is 1.43. The zero-order chi connectivity index (χ0) is 5.82. The highest BCUT2D eigenvalue weighted by Gasteiger charge is 1.96. The number of rotatable bonds is 0. The van der Waals surface area contributed by atoms with Gasteiger partial charge in [0.1, 0.15) is 0 Å². The Bertz CT molecular complexity index is 118. The van der Waals surface area contributed by atoms with Crippen LogP contribution >= 0.6 is 0 Å². The minimum absolute atomic E-state index is 0.638. The highest BCUT2D eigenvalue weighted by atomic mass is 32.2. The molecule has 1 aliphatic heterocycles. The smallest absolute Gasteiger partial charge is 0.0452 e. The first kappa shape index (κ1) is 6.02. The second-order valence-electron chi connectivity index (χ2n) is 1.95. The molecule has 8 heavy (non-hydrogen) atoms. The van der Waals surface area contributed by atoms with E-state index in [0.29, 0.717) is 0 Å². The van der Waals surface area contributed by atoms with Crippen molar-refractivity contribution in [2.45, 2.75) is 19.3 Å². The molecule has 0 amide bonds. The number of allylic oxidation sites excluding steroid dienone is 1. The van der Waals surface area contributed by atoms with Crippen molar-refractivity contribution in [3.63, 3.8) is 0 Å². The van der Waals surface area contributed by atoms with Crippen LogP contribution in [-0.2, 0) is 10.8 Å². The van der Waals surface area contributed by atoms with Crippen LogP contribution in [0, 0.1) is 0 Å². The third kappa shape index (κ3) is 1.78. The number of hydrogen-bond acceptors (Lipinski definition) is 1. The Balaban J connectivity index is 2.44. The van der Waals surface area contributed by atoms with E-state index >= 15 is 0 Å². The molecule has 0 aromatic heterocycles. The van der Waals surface area contributed by atoms with Crippen LogP contribution in [0.25, 0.3) is 0 Å². The third-order valence-corrected chi connectivity index (χ3v) is 2.40. The van der Waals surface area contributed by atoms with Gasteiger partial charge in [-0.15, -0.1) is 0 Å². The van der Waals surface area contributed by atoms with Crippen LogP contribution in [0.15, 0.2) is 11.5 Å². The molecule has 0 saturated heterocycles. The number of hydrogen-bond donors (Lipinski definition) is 0. The molecule has 0 fully saturated rings. The second kappa shape index (κ2) is 3.02. The van der Waals surface area contributed by atoms with Crippen LogP contribution in [0.1, 0.15) is 19.3 Å². The van der Waals surface area contributed by atoms with E-state index in [4.69, 9.17) is 0 Å². The average Bonchev–Trinajstić information content (AvgIpc) is 1.94. The Morgan fingerprint density at radius 1 is 1.38 bits per heavy atom. The van der Waals surface area contributed by atoms with Crippen LogP contribution in [0.5, 0.6) is 0 Å². The van der Waals surface area contributed by atoms with Gasteiger partial charge in [-0.1, -0.05) is 6.08 Å². The summed E-state index contributed by atoms with van der Waals surface area (Å²) in [6, 6.07) is 0. The van der Waals surface area contributed by atoms with Crippen molar-refractivity contribution in [2.24, 2.45) is 0 Å². The molecule has 0 bridgehead atoms. The molecule has 1 aliphatic rings. The largest absolute Gasteiger partial charge is 0.255 e. The summed E-state index contributed by atoms with van der Waals surface area (Å²) >= 11 is 0. The maximum absolute atomic E-state index is 10.7. The molecule has 46 valence electrons.